The zero-order valence-electron chi connectivity index (χ0n) is 18.4. The van der Waals surface area contributed by atoms with Crippen molar-refractivity contribution in [2.75, 3.05) is 6.61 Å². The first-order valence-corrected chi connectivity index (χ1v) is 11.3. The summed E-state index contributed by atoms with van der Waals surface area (Å²) in [6, 6.07) is 0. The standard InChI is InChI=1S/C21H40O2.C3H5NO/c1-3-5-6-7-8-9-10-11-12-13-14-15-16-17-18-19-20-23-21(22)4-2;1-2-3(4)5/h4H,2-3,5-20H2,1H3;2H,1H2,(H2,4,5). The lowest BCUT2D eigenvalue weighted by Crippen LogP contribution is -2.04. The van der Waals surface area contributed by atoms with Gasteiger partial charge in [-0.25, -0.2) is 4.79 Å². The molecule has 2 N–H and O–H groups in total. The maximum Gasteiger partial charge on any atom is 0.330 e. The predicted molar refractivity (Wildman–Crippen MR) is 120 cm³/mol. The summed E-state index contributed by atoms with van der Waals surface area (Å²) in [6.07, 6.45) is 24.0. The lowest BCUT2D eigenvalue weighted by molar-refractivity contribution is -0.137. The van der Waals surface area contributed by atoms with E-state index in [0.717, 1.165) is 12.5 Å². The summed E-state index contributed by atoms with van der Waals surface area (Å²) in [6.45, 7) is 9.29. The second kappa shape index (κ2) is 25.4. The first kappa shape index (κ1) is 28.6. The highest BCUT2D eigenvalue weighted by Crippen LogP contribution is 2.13. The fraction of sp³-hybridized carbons (Fsp3) is 0.750. The molecular weight excluding hydrogens is 350 g/mol. The summed E-state index contributed by atoms with van der Waals surface area (Å²) in [5, 5.41) is 0. The van der Waals surface area contributed by atoms with Crippen molar-refractivity contribution in [3.63, 3.8) is 0 Å². The van der Waals surface area contributed by atoms with E-state index in [-0.39, 0.29) is 5.97 Å². The zero-order chi connectivity index (χ0) is 21.3. The van der Waals surface area contributed by atoms with E-state index < -0.39 is 5.91 Å². The summed E-state index contributed by atoms with van der Waals surface area (Å²) in [4.78, 5) is 20.3. The highest BCUT2D eigenvalue weighted by Gasteiger charge is 1.96. The van der Waals surface area contributed by atoms with Crippen LogP contribution in [-0.2, 0) is 14.3 Å². The van der Waals surface area contributed by atoms with Crippen molar-refractivity contribution in [2.24, 2.45) is 5.73 Å². The molecule has 0 aromatic carbocycles. The second-order valence-electron chi connectivity index (χ2n) is 7.28. The molecule has 0 fully saturated rings. The maximum absolute atomic E-state index is 10.8. The van der Waals surface area contributed by atoms with E-state index in [1.165, 1.54) is 102 Å². The molecule has 0 atom stereocenters. The molecule has 4 heteroatoms. The molecule has 164 valence electrons. The maximum atomic E-state index is 10.8. The Labute approximate surface area is 174 Å². The molecular formula is C24H45NO3. The molecule has 0 radical (unpaired) electrons. The van der Waals surface area contributed by atoms with Gasteiger partial charge in [0.1, 0.15) is 0 Å². The third kappa shape index (κ3) is 29.2. The Kier molecular flexibility index (Phi) is 26.0. The van der Waals surface area contributed by atoms with Gasteiger partial charge in [0.2, 0.25) is 5.91 Å². The number of carbonyl (C=O) groups is 2. The molecule has 0 spiro atoms. The number of primary amides is 1. The lowest BCUT2D eigenvalue weighted by Gasteiger charge is -2.04. The minimum Gasteiger partial charge on any atom is -0.463 e. The van der Waals surface area contributed by atoms with Gasteiger partial charge in [-0.1, -0.05) is 116 Å². The molecule has 0 aromatic heterocycles. The summed E-state index contributed by atoms with van der Waals surface area (Å²) in [5.74, 6) is -0.782. The molecule has 0 rings (SSSR count). The van der Waals surface area contributed by atoms with Gasteiger partial charge < -0.3 is 10.5 Å². The van der Waals surface area contributed by atoms with Crippen LogP contribution in [0.4, 0.5) is 0 Å². The average molecular weight is 396 g/mol. The topological polar surface area (TPSA) is 69.4 Å². The van der Waals surface area contributed by atoms with Crippen LogP contribution in [0.5, 0.6) is 0 Å². The van der Waals surface area contributed by atoms with Crippen LogP contribution in [0.25, 0.3) is 0 Å². The fourth-order valence-electron chi connectivity index (χ4n) is 2.88. The van der Waals surface area contributed by atoms with Crippen molar-refractivity contribution in [3.8, 4) is 0 Å². The highest BCUT2D eigenvalue weighted by molar-refractivity contribution is 5.85. The minimum absolute atomic E-state index is 0.300. The Hall–Kier alpha value is -1.58. The van der Waals surface area contributed by atoms with E-state index >= 15 is 0 Å². The third-order valence-corrected chi connectivity index (χ3v) is 4.61. The third-order valence-electron chi connectivity index (χ3n) is 4.61. The van der Waals surface area contributed by atoms with Crippen molar-refractivity contribution < 1.29 is 14.3 Å². The predicted octanol–water partition coefficient (Wildman–Crippen LogP) is 6.63. The molecule has 0 heterocycles. The summed E-state index contributed by atoms with van der Waals surface area (Å²) < 4.78 is 4.95. The largest absolute Gasteiger partial charge is 0.463 e. The number of esters is 1. The van der Waals surface area contributed by atoms with E-state index in [1.54, 1.807) is 0 Å². The van der Waals surface area contributed by atoms with Crippen LogP contribution < -0.4 is 5.73 Å². The highest BCUT2D eigenvalue weighted by atomic mass is 16.5. The Morgan fingerprint density at radius 2 is 1.00 bits per heavy atom. The number of ether oxygens (including phenoxy) is 1. The number of carbonyl (C=O) groups excluding carboxylic acids is 2. The van der Waals surface area contributed by atoms with Crippen LogP contribution in [-0.4, -0.2) is 18.5 Å². The molecule has 0 saturated carbocycles. The van der Waals surface area contributed by atoms with Gasteiger partial charge in [0.15, 0.2) is 0 Å². The number of unbranched alkanes of at least 4 members (excludes halogenated alkanes) is 15. The summed E-state index contributed by atoms with van der Waals surface area (Å²) in [7, 11) is 0. The van der Waals surface area contributed by atoms with Crippen LogP contribution in [0.1, 0.15) is 110 Å². The molecule has 1 amide bonds. The number of rotatable bonds is 19. The van der Waals surface area contributed by atoms with Gasteiger partial charge in [-0.15, -0.1) is 0 Å². The molecule has 0 aliphatic heterocycles. The monoisotopic (exact) mass is 395 g/mol. The van der Waals surface area contributed by atoms with E-state index in [4.69, 9.17) is 4.74 Å². The fourth-order valence-corrected chi connectivity index (χ4v) is 2.88. The molecule has 28 heavy (non-hydrogen) atoms. The van der Waals surface area contributed by atoms with Gasteiger partial charge in [0, 0.05) is 6.08 Å². The quantitative estimate of drug-likeness (QED) is 0.151. The van der Waals surface area contributed by atoms with E-state index in [9.17, 15) is 9.59 Å². The number of amides is 1. The van der Waals surface area contributed by atoms with Crippen LogP contribution in [0.2, 0.25) is 0 Å². The normalized spacial score (nSPS) is 9.89. The van der Waals surface area contributed by atoms with Crippen molar-refractivity contribution >= 4 is 11.9 Å². The van der Waals surface area contributed by atoms with E-state index in [2.05, 4.69) is 25.8 Å². The van der Waals surface area contributed by atoms with Crippen molar-refractivity contribution in [2.45, 2.75) is 110 Å². The van der Waals surface area contributed by atoms with Crippen molar-refractivity contribution in [1.29, 1.82) is 0 Å². The van der Waals surface area contributed by atoms with Crippen molar-refractivity contribution in [1.82, 2.24) is 0 Å². The van der Waals surface area contributed by atoms with Gasteiger partial charge in [-0.3, -0.25) is 4.79 Å². The molecule has 0 unspecified atom stereocenters. The zero-order valence-corrected chi connectivity index (χ0v) is 18.4. The Balaban J connectivity index is 0. The Morgan fingerprint density at radius 3 is 1.29 bits per heavy atom. The van der Waals surface area contributed by atoms with Crippen LogP contribution >= 0.6 is 0 Å². The summed E-state index contributed by atoms with van der Waals surface area (Å²) >= 11 is 0. The number of hydrogen-bond donors (Lipinski definition) is 1. The first-order chi connectivity index (χ1) is 13.6. The molecule has 0 aliphatic rings. The molecule has 0 aliphatic carbocycles. The number of nitrogens with two attached hydrogens (primary N) is 1. The lowest BCUT2D eigenvalue weighted by atomic mass is 10.0. The van der Waals surface area contributed by atoms with Crippen LogP contribution in [0, 0.1) is 0 Å². The van der Waals surface area contributed by atoms with Crippen LogP contribution in [0.3, 0.4) is 0 Å². The van der Waals surface area contributed by atoms with Gasteiger partial charge in [0.25, 0.3) is 0 Å². The molecule has 0 saturated heterocycles. The Morgan fingerprint density at radius 1 is 0.679 bits per heavy atom. The minimum atomic E-state index is -0.481. The molecule has 4 nitrogen and oxygen atoms in total. The van der Waals surface area contributed by atoms with Gasteiger partial charge in [-0.05, 0) is 12.5 Å². The van der Waals surface area contributed by atoms with Crippen molar-refractivity contribution in [3.05, 3.63) is 25.3 Å². The Bertz CT molecular complexity index is 380. The molecule has 0 aromatic rings. The SMILES string of the molecule is C=CC(=O)OCCCCCCCCCCCCCCCCCC.C=CC(N)=O. The smallest absolute Gasteiger partial charge is 0.330 e. The number of hydrogen-bond acceptors (Lipinski definition) is 3. The summed E-state index contributed by atoms with van der Waals surface area (Å²) in [5.41, 5.74) is 4.53. The molecule has 0 bridgehead atoms. The van der Waals surface area contributed by atoms with Gasteiger partial charge in [-0.2, -0.15) is 0 Å². The average Bonchev–Trinajstić information content (AvgIpc) is 2.70. The first-order valence-electron chi connectivity index (χ1n) is 11.3. The van der Waals surface area contributed by atoms with Gasteiger partial charge in [0.05, 0.1) is 6.61 Å². The second-order valence-corrected chi connectivity index (χ2v) is 7.28. The van der Waals surface area contributed by atoms with E-state index in [0.29, 0.717) is 6.61 Å². The van der Waals surface area contributed by atoms with Gasteiger partial charge >= 0.3 is 5.97 Å². The van der Waals surface area contributed by atoms with E-state index in [1.807, 2.05) is 0 Å². The van der Waals surface area contributed by atoms with Crippen LogP contribution in [0.15, 0.2) is 25.3 Å².